The van der Waals surface area contributed by atoms with E-state index >= 15 is 4.39 Å². The van der Waals surface area contributed by atoms with Crippen LogP contribution in [-0.4, -0.2) is 61.2 Å². The van der Waals surface area contributed by atoms with Crippen LogP contribution in [0.2, 0.25) is 0 Å². The molecule has 1 saturated carbocycles. The van der Waals surface area contributed by atoms with Gasteiger partial charge in [0, 0.05) is 18.2 Å². The lowest BCUT2D eigenvalue weighted by Gasteiger charge is -2.15. The van der Waals surface area contributed by atoms with Gasteiger partial charge in [-0.1, -0.05) is 54.6 Å². The Morgan fingerprint density at radius 2 is 1.78 bits per heavy atom. The van der Waals surface area contributed by atoms with E-state index in [1.807, 2.05) is 30.3 Å². The summed E-state index contributed by atoms with van der Waals surface area (Å²) in [6, 6.07) is 18.8. The number of nitrogens with one attached hydrogen (secondary N) is 2. The summed E-state index contributed by atoms with van der Waals surface area (Å²) in [6.07, 6.45) is 1.67. The number of amides is 2. The van der Waals surface area contributed by atoms with Gasteiger partial charge < -0.3 is 20.5 Å². The molecule has 0 spiro atoms. The van der Waals surface area contributed by atoms with Crippen molar-refractivity contribution >= 4 is 49.2 Å². The van der Waals surface area contributed by atoms with Gasteiger partial charge in [-0.3, -0.25) is 14.4 Å². The van der Waals surface area contributed by atoms with Gasteiger partial charge in [0.15, 0.2) is 15.1 Å². The highest BCUT2D eigenvalue weighted by molar-refractivity contribution is 7.92. The number of sulfone groups is 1. The number of carbonyl (C=O) groups excluding carboxylic acids is 3. The molecule has 3 N–H and O–H groups in total. The fourth-order valence-electron chi connectivity index (χ4n) is 4.64. The number of rotatable bonds is 14. The standard InChI is InChI=1S/C32H32FN3O7S2/c33-25-17-27-26(16-24(25)22-9-7-20(8-10-22)15-29(39)43-19-21-5-2-1-3-6-21)36-32(44-27)30(45(41,42)14-4-13-37)31(40)34-18-28(38)35-23-11-12-23/h1-3,5-10,16-17,23,30,37H,4,11-15,18-19H2,(H,34,40)(H,35,38). The number of esters is 1. The van der Waals surface area contributed by atoms with Crippen molar-refractivity contribution in [1.29, 1.82) is 0 Å². The minimum Gasteiger partial charge on any atom is -0.461 e. The van der Waals surface area contributed by atoms with E-state index in [0.717, 1.165) is 29.7 Å². The highest BCUT2D eigenvalue weighted by atomic mass is 32.2. The van der Waals surface area contributed by atoms with Crippen molar-refractivity contribution in [3.8, 4) is 11.1 Å². The molecule has 1 aromatic heterocycles. The van der Waals surface area contributed by atoms with Crippen LogP contribution in [0.1, 0.15) is 40.6 Å². The predicted octanol–water partition coefficient (Wildman–Crippen LogP) is 3.62. The van der Waals surface area contributed by atoms with Crippen LogP contribution < -0.4 is 10.6 Å². The van der Waals surface area contributed by atoms with Gasteiger partial charge in [0.25, 0.3) is 0 Å². The van der Waals surface area contributed by atoms with Crippen LogP contribution in [0.25, 0.3) is 21.3 Å². The average molecular weight is 654 g/mol. The van der Waals surface area contributed by atoms with E-state index in [1.165, 1.54) is 12.1 Å². The molecule has 10 nitrogen and oxygen atoms in total. The number of fused-ring (bicyclic) bond motifs is 1. The van der Waals surface area contributed by atoms with Crippen molar-refractivity contribution in [3.63, 3.8) is 0 Å². The minimum absolute atomic E-state index is 0.0422. The smallest absolute Gasteiger partial charge is 0.310 e. The molecule has 1 aliphatic carbocycles. The SMILES string of the molecule is O=C(CNC(=O)C(c1nc2cc(-c3ccc(CC(=O)OCc4ccccc4)cc3)c(F)cc2s1)S(=O)(=O)CCCO)NC1CC1. The molecule has 13 heteroatoms. The molecule has 0 bridgehead atoms. The number of thiazole rings is 1. The molecule has 236 valence electrons. The quantitative estimate of drug-likeness (QED) is 0.175. The molecule has 1 unspecified atom stereocenters. The lowest BCUT2D eigenvalue weighted by Crippen LogP contribution is -2.41. The molecule has 2 amide bonds. The monoisotopic (exact) mass is 653 g/mol. The summed E-state index contributed by atoms with van der Waals surface area (Å²) in [5, 5.41) is 12.5. The second kappa shape index (κ2) is 14.3. The first kappa shape index (κ1) is 32.2. The third-order valence-electron chi connectivity index (χ3n) is 7.12. The molecule has 4 aromatic rings. The molecule has 0 saturated heterocycles. The molecule has 1 heterocycles. The van der Waals surface area contributed by atoms with E-state index < -0.39 is 51.0 Å². The Labute approximate surface area is 263 Å². The summed E-state index contributed by atoms with van der Waals surface area (Å²) in [5.74, 6) is -2.80. The van der Waals surface area contributed by atoms with Crippen molar-refractivity contribution < 1.29 is 37.0 Å². The number of nitrogens with zero attached hydrogens (tertiary/aromatic N) is 1. The zero-order chi connectivity index (χ0) is 32.0. The van der Waals surface area contributed by atoms with Gasteiger partial charge in [-0.2, -0.15) is 0 Å². The first-order valence-corrected chi connectivity index (χ1v) is 16.9. The highest BCUT2D eigenvalue weighted by Crippen LogP contribution is 2.35. The van der Waals surface area contributed by atoms with E-state index in [1.54, 1.807) is 24.3 Å². The van der Waals surface area contributed by atoms with Crippen LogP contribution in [0.5, 0.6) is 0 Å². The van der Waals surface area contributed by atoms with Gasteiger partial charge in [0.2, 0.25) is 11.8 Å². The van der Waals surface area contributed by atoms with Crippen LogP contribution in [0.4, 0.5) is 4.39 Å². The molecule has 1 atom stereocenters. The number of benzene rings is 3. The van der Waals surface area contributed by atoms with Gasteiger partial charge in [-0.15, -0.1) is 11.3 Å². The topological polar surface area (TPSA) is 152 Å². The third kappa shape index (κ3) is 8.50. The first-order chi connectivity index (χ1) is 21.6. The number of hydrogen-bond acceptors (Lipinski definition) is 9. The zero-order valence-corrected chi connectivity index (χ0v) is 25.8. The van der Waals surface area contributed by atoms with Crippen LogP contribution in [0, 0.1) is 5.82 Å². The van der Waals surface area contributed by atoms with E-state index in [2.05, 4.69) is 15.6 Å². The van der Waals surface area contributed by atoms with Crippen molar-refractivity contribution in [2.75, 3.05) is 18.9 Å². The molecular formula is C32H32FN3O7S2. The summed E-state index contributed by atoms with van der Waals surface area (Å²) in [6.45, 7) is -0.620. The molecule has 0 radical (unpaired) electrons. The largest absolute Gasteiger partial charge is 0.461 e. The number of aliphatic hydroxyl groups excluding tert-OH is 1. The van der Waals surface area contributed by atoms with Gasteiger partial charge in [0.05, 0.1) is 28.9 Å². The number of hydrogen-bond donors (Lipinski definition) is 3. The Hall–Kier alpha value is -4.20. The normalized spacial score (nSPS) is 13.7. The second-order valence-electron chi connectivity index (χ2n) is 10.8. The van der Waals surface area contributed by atoms with Crippen LogP contribution in [0.15, 0.2) is 66.7 Å². The summed E-state index contributed by atoms with van der Waals surface area (Å²) in [7, 11) is -4.14. The summed E-state index contributed by atoms with van der Waals surface area (Å²) < 4.78 is 47.4. The molecule has 0 aliphatic heterocycles. The number of aromatic nitrogens is 1. The van der Waals surface area contributed by atoms with Gasteiger partial charge in [0.1, 0.15) is 17.4 Å². The van der Waals surface area contributed by atoms with E-state index in [9.17, 15) is 27.9 Å². The Bertz CT molecular complexity index is 1790. The maximum absolute atomic E-state index is 15.3. The zero-order valence-electron chi connectivity index (χ0n) is 24.2. The fraction of sp³-hybridized carbons (Fsp3) is 0.312. The number of ether oxygens (including phenoxy) is 1. The summed E-state index contributed by atoms with van der Waals surface area (Å²) in [5.41, 5.74) is 2.57. The van der Waals surface area contributed by atoms with Crippen LogP contribution in [0.3, 0.4) is 0 Å². The third-order valence-corrected chi connectivity index (χ3v) is 10.4. The summed E-state index contributed by atoms with van der Waals surface area (Å²) in [4.78, 5) is 42.0. The average Bonchev–Trinajstić information content (AvgIpc) is 3.75. The fourth-order valence-corrected chi connectivity index (χ4v) is 7.71. The van der Waals surface area contributed by atoms with E-state index in [-0.39, 0.29) is 42.7 Å². The summed E-state index contributed by atoms with van der Waals surface area (Å²) >= 11 is 0.874. The Kier molecular flexibility index (Phi) is 10.2. The molecule has 5 rings (SSSR count). The minimum atomic E-state index is -4.14. The van der Waals surface area contributed by atoms with E-state index in [0.29, 0.717) is 21.3 Å². The molecular weight excluding hydrogens is 621 g/mol. The number of aliphatic hydroxyl groups is 1. The highest BCUT2D eigenvalue weighted by Gasteiger charge is 2.37. The maximum Gasteiger partial charge on any atom is 0.310 e. The Balaban J connectivity index is 1.33. The predicted molar refractivity (Wildman–Crippen MR) is 167 cm³/mol. The van der Waals surface area contributed by atoms with Crippen molar-refractivity contribution in [2.24, 2.45) is 0 Å². The van der Waals surface area contributed by atoms with Crippen LogP contribution >= 0.6 is 11.3 Å². The van der Waals surface area contributed by atoms with Crippen molar-refractivity contribution in [3.05, 3.63) is 88.7 Å². The van der Waals surface area contributed by atoms with Crippen molar-refractivity contribution in [2.45, 2.75) is 43.6 Å². The van der Waals surface area contributed by atoms with Crippen LogP contribution in [-0.2, 0) is 42.0 Å². The lowest BCUT2D eigenvalue weighted by molar-refractivity contribution is -0.144. The molecule has 3 aromatic carbocycles. The van der Waals surface area contributed by atoms with Gasteiger partial charge >= 0.3 is 5.97 Å². The number of halogens is 1. The first-order valence-electron chi connectivity index (χ1n) is 14.4. The van der Waals surface area contributed by atoms with E-state index in [4.69, 9.17) is 4.74 Å². The molecule has 1 fully saturated rings. The second-order valence-corrected chi connectivity index (χ2v) is 14.0. The number of carbonyl (C=O) groups is 3. The maximum atomic E-state index is 15.3. The van der Waals surface area contributed by atoms with Gasteiger partial charge in [-0.05, 0) is 48.1 Å². The Morgan fingerprint density at radius 3 is 2.47 bits per heavy atom. The lowest BCUT2D eigenvalue weighted by atomic mass is 10.0. The molecule has 1 aliphatic rings. The van der Waals surface area contributed by atoms with Crippen molar-refractivity contribution in [1.82, 2.24) is 15.6 Å². The molecule has 45 heavy (non-hydrogen) atoms. The van der Waals surface area contributed by atoms with Gasteiger partial charge in [-0.25, -0.2) is 17.8 Å². The Morgan fingerprint density at radius 1 is 1.04 bits per heavy atom.